The van der Waals surface area contributed by atoms with Crippen molar-refractivity contribution in [3.05, 3.63) is 130 Å². The van der Waals surface area contributed by atoms with Gasteiger partial charge in [-0.25, -0.2) is 14.4 Å². The second-order valence-electron chi connectivity index (χ2n) is 8.23. The van der Waals surface area contributed by atoms with Gasteiger partial charge in [0.1, 0.15) is 30.9 Å². The maximum Gasteiger partial charge on any atom is 0.343 e. The summed E-state index contributed by atoms with van der Waals surface area (Å²) < 4.78 is 15.9. The lowest BCUT2D eigenvalue weighted by Crippen LogP contribution is -2.17. The summed E-state index contributed by atoms with van der Waals surface area (Å²) >= 11 is 0. The van der Waals surface area contributed by atoms with Gasteiger partial charge in [-0.2, -0.15) is 0 Å². The molecule has 4 aromatic carbocycles. The lowest BCUT2D eigenvalue weighted by atomic mass is 10.0. The second-order valence-corrected chi connectivity index (χ2v) is 8.23. The van der Waals surface area contributed by atoms with Crippen LogP contribution in [0.5, 0.6) is 11.5 Å². The SMILES string of the molecule is O=C(OCc1ccccc1)c1cc(C(=O)OCc2ccccc2)c(C(=O)OCc2ccccc2)c(O)c1O. The molecule has 0 atom stereocenters. The second kappa shape index (κ2) is 12.2. The molecule has 0 saturated carbocycles. The molecule has 4 aromatic rings. The Bertz CT molecular complexity index is 1420. The van der Waals surface area contributed by atoms with Gasteiger partial charge in [0.15, 0.2) is 11.5 Å². The smallest absolute Gasteiger partial charge is 0.343 e. The molecule has 0 aromatic heterocycles. The minimum absolute atomic E-state index is 0.117. The normalized spacial score (nSPS) is 10.4. The van der Waals surface area contributed by atoms with E-state index in [1.807, 2.05) is 0 Å². The maximum atomic E-state index is 13.1. The first kappa shape index (κ1) is 26.0. The molecule has 8 nitrogen and oxygen atoms in total. The highest BCUT2D eigenvalue weighted by Crippen LogP contribution is 2.37. The summed E-state index contributed by atoms with van der Waals surface area (Å²) in [5.74, 6) is -5.02. The van der Waals surface area contributed by atoms with Gasteiger partial charge >= 0.3 is 17.9 Å². The molecule has 0 aliphatic heterocycles. The Labute approximate surface area is 218 Å². The quantitative estimate of drug-likeness (QED) is 0.179. The highest BCUT2D eigenvalue weighted by molar-refractivity contribution is 6.08. The van der Waals surface area contributed by atoms with Crippen LogP contribution in [0.2, 0.25) is 0 Å². The summed E-state index contributed by atoms with van der Waals surface area (Å²) in [6.07, 6.45) is 0. The Kier molecular flexibility index (Phi) is 8.35. The van der Waals surface area contributed by atoms with Crippen molar-refractivity contribution in [2.75, 3.05) is 0 Å². The first-order chi connectivity index (χ1) is 18.4. The van der Waals surface area contributed by atoms with Gasteiger partial charge in [0.05, 0.1) is 5.56 Å². The summed E-state index contributed by atoms with van der Waals surface area (Å²) in [5.41, 5.74) is 0.438. The first-order valence-electron chi connectivity index (χ1n) is 11.7. The zero-order valence-corrected chi connectivity index (χ0v) is 20.2. The van der Waals surface area contributed by atoms with E-state index in [9.17, 15) is 24.6 Å². The molecule has 4 rings (SSSR count). The molecule has 0 amide bonds. The number of carbonyl (C=O) groups is 3. The average molecular weight is 513 g/mol. The number of phenolic OH excluding ortho intramolecular Hbond substituents is 2. The predicted octanol–water partition coefficient (Wildman–Crippen LogP) is 5.17. The van der Waals surface area contributed by atoms with E-state index < -0.39 is 46.1 Å². The molecule has 0 heterocycles. The van der Waals surface area contributed by atoms with Gasteiger partial charge < -0.3 is 24.4 Å². The van der Waals surface area contributed by atoms with E-state index >= 15 is 0 Å². The predicted molar refractivity (Wildman–Crippen MR) is 136 cm³/mol. The molecule has 0 saturated heterocycles. The topological polar surface area (TPSA) is 119 Å². The van der Waals surface area contributed by atoms with Crippen molar-refractivity contribution in [3.63, 3.8) is 0 Å². The van der Waals surface area contributed by atoms with Crippen LogP contribution in [0.15, 0.2) is 97.1 Å². The van der Waals surface area contributed by atoms with Crippen LogP contribution >= 0.6 is 0 Å². The van der Waals surface area contributed by atoms with Crippen molar-refractivity contribution in [1.29, 1.82) is 0 Å². The molecule has 0 fully saturated rings. The van der Waals surface area contributed by atoms with E-state index in [0.29, 0.717) is 16.7 Å². The van der Waals surface area contributed by atoms with Gasteiger partial charge in [0.25, 0.3) is 0 Å². The molecule has 0 unspecified atom stereocenters. The third-order valence-electron chi connectivity index (χ3n) is 5.56. The van der Waals surface area contributed by atoms with Crippen LogP contribution in [0.3, 0.4) is 0 Å². The number of hydrogen-bond acceptors (Lipinski definition) is 8. The molecule has 0 spiro atoms. The summed E-state index contributed by atoms with van der Waals surface area (Å²) in [6.45, 7) is -0.401. The van der Waals surface area contributed by atoms with Gasteiger partial charge in [-0.3, -0.25) is 0 Å². The maximum absolute atomic E-state index is 13.1. The van der Waals surface area contributed by atoms with Gasteiger partial charge in [-0.1, -0.05) is 91.0 Å². The van der Waals surface area contributed by atoms with Crippen LogP contribution in [0, 0.1) is 0 Å². The summed E-state index contributed by atoms with van der Waals surface area (Å²) in [7, 11) is 0. The lowest BCUT2D eigenvalue weighted by molar-refractivity contribution is 0.0417. The van der Waals surface area contributed by atoms with Crippen molar-refractivity contribution < 1.29 is 38.8 Å². The number of carbonyl (C=O) groups excluding carboxylic acids is 3. The Morgan fingerprint density at radius 2 is 0.868 bits per heavy atom. The van der Waals surface area contributed by atoms with Crippen LogP contribution in [0.25, 0.3) is 0 Å². The summed E-state index contributed by atoms with van der Waals surface area (Å²) in [5, 5.41) is 21.3. The van der Waals surface area contributed by atoms with Gasteiger partial charge in [-0.15, -0.1) is 0 Å². The molecule has 0 bridgehead atoms. The fourth-order valence-electron chi connectivity index (χ4n) is 3.58. The number of phenols is 2. The van der Waals surface area contributed by atoms with Crippen molar-refractivity contribution in [2.24, 2.45) is 0 Å². The molecular formula is C30H24O8. The van der Waals surface area contributed by atoms with Gasteiger partial charge in [0, 0.05) is 0 Å². The standard InChI is InChI=1S/C30H24O8/c31-26-24(29(34)37-18-21-12-6-2-7-13-21)16-23(28(33)36-17-20-10-4-1-5-11-20)25(27(26)32)30(35)38-19-22-14-8-3-9-15-22/h1-16,31-32H,17-19H2. The highest BCUT2D eigenvalue weighted by Gasteiger charge is 2.31. The van der Waals surface area contributed by atoms with Crippen molar-refractivity contribution in [2.45, 2.75) is 19.8 Å². The molecule has 2 N–H and O–H groups in total. The number of benzene rings is 4. The lowest BCUT2D eigenvalue weighted by Gasteiger charge is -2.15. The van der Waals surface area contributed by atoms with E-state index in [1.165, 1.54) is 0 Å². The van der Waals surface area contributed by atoms with Crippen LogP contribution in [0.4, 0.5) is 0 Å². The number of rotatable bonds is 9. The summed E-state index contributed by atoms with van der Waals surface area (Å²) in [6, 6.07) is 27.4. The number of hydrogen-bond donors (Lipinski definition) is 2. The van der Waals surface area contributed by atoms with E-state index in [1.54, 1.807) is 91.0 Å². The molecule has 192 valence electrons. The zero-order chi connectivity index (χ0) is 26.9. The fraction of sp³-hybridized carbons (Fsp3) is 0.100. The summed E-state index contributed by atoms with van der Waals surface area (Å²) in [4.78, 5) is 38.8. The molecule has 38 heavy (non-hydrogen) atoms. The van der Waals surface area contributed by atoms with Crippen molar-refractivity contribution in [1.82, 2.24) is 0 Å². The third-order valence-corrected chi connectivity index (χ3v) is 5.56. The highest BCUT2D eigenvalue weighted by atomic mass is 16.5. The number of ether oxygens (including phenoxy) is 3. The third kappa shape index (κ3) is 6.36. The number of esters is 3. The van der Waals surface area contributed by atoms with Crippen molar-refractivity contribution >= 4 is 17.9 Å². The Morgan fingerprint density at radius 3 is 1.29 bits per heavy atom. The minimum atomic E-state index is -1.09. The minimum Gasteiger partial charge on any atom is -0.504 e. The molecular weight excluding hydrogens is 488 g/mol. The van der Waals surface area contributed by atoms with Crippen molar-refractivity contribution in [3.8, 4) is 11.5 Å². The monoisotopic (exact) mass is 512 g/mol. The zero-order valence-electron chi connectivity index (χ0n) is 20.2. The Morgan fingerprint density at radius 1 is 0.500 bits per heavy atom. The molecule has 0 aliphatic rings. The van der Waals surface area contributed by atoms with E-state index in [4.69, 9.17) is 14.2 Å². The van der Waals surface area contributed by atoms with Crippen LogP contribution < -0.4 is 0 Å². The molecule has 8 heteroatoms. The van der Waals surface area contributed by atoms with Crippen LogP contribution in [-0.2, 0) is 34.0 Å². The van der Waals surface area contributed by atoms with Crippen LogP contribution in [-0.4, -0.2) is 28.1 Å². The largest absolute Gasteiger partial charge is 0.504 e. The first-order valence-corrected chi connectivity index (χ1v) is 11.7. The Hall–Kier alpha value is -5.11. The van der Waals surface area contributed by atoms with Gasteiger partial charge in [0.2, 0.25) is 0 Å². The van der Waals surface area contributed by atoms with E-state index in [2.05, 4.69) is 0 Å². The Balaban J connectivity index is 1.63. The van der Waals surface area contributed by atoms with E-state index in [-0.39, 0.29) is 19.8 Å². The molecule has 0 radical (unpaired) electrons. The fourth-order valence-corrected chi connectivity index (χ4v) is 3.58. The molecule has 0 aliphatic carbocycles. The van der Waals surface area contributed by atoms with Crippen LogP contribution in [0.1, 0.15) is 47.8 Å². The van der Waals surface area contributed by atoms with E-state index in [0.717, 1.165) is 6.07 Å². The average Bonchev–Trinajstić information content (AvgIpc) is 2.96. The van der Waals surface area contributed by atoms with Gasteiger partial charge in [-0.05, 0) is 22.8 Å². The number of aromatic hydroxyl groups is 2.